The number of benzene rings is 2. The Kier molecular flexibility index (Phi) is 5.69. The Morgan fingerprint density at radius 3 is 2.32 bits per heavy atom. The van der Waals surface area contributed by atoms with Gasteiger partial charge in [-0.05, 0) is 37.3 Å². The standard InChI is InChI=1S/C16H11Cl2F3O4/c1-8(15(22)23)24-14-7-10(3-4-11(14)17)25-13-5-2-9(6-12(13)18)16(19,20)21/h2-8H,1H3,(H,22,23). The number of alkyl halides is 3. The molecule has 0 amide bonds. The first-order valence-corrected chi connectivity index (χ1v) is 7.57. The Bertz CT molecular complexity index is 793. The van der Waals surface area contributed by atoms with Gasteiger partial charge >= 0.3 is 12.1 Å². The van der Waals surface area contributed by atoms with Crippen molar-refractivity contribution in [1.29, 1.82) is 0 Å². The normalized spacial score (nSPS) is 12.6. The van der Waals surface area contributed by atoms with Crippen LogP contribution in [-0.2, 0) is 11.0 Å². The van der Waals surface area contributed by atoms with Gasteiger partial charge in [-0.3, -0.25) is 0 Å². The molecule has 0 heterocycles. The highest BCUT2D eigenvalue weighted by atomic mass is 35.5. The minimum Gasteiger partial charge on any atom is -0.479 e. The number of hydrogen-bond acceptors (Lipinski definition) is 3. The van der Waals surface area contributed by atoms with E-state index in [4.69, 9.17) is 37.8 Å². The Hall–Kier alpha value is -2.12. The average molecular weight is 395 g/mol. The van der Waals surface area contributed by atoms with Crippen LogP contribution in [0.15, 0.2) is 36.4 Å². The van der Waals surface area contributed by atoms with Crippen LogP contribution in [0.1, 0.15) is 12.5 Å². The molecule has 1 unspecified atom stereocenters. The maximum atomic E-state index is 12.6. The summed E-state index contributed by atoms with van der Waals surface area (Å²) in [6.45, 7) is 1.32. The molecular weight excluding hydrogens is 384 g/mol. The Morgan fingerprint density at radius 2 is 1.76 bits per heavy atom. The fraction of sp³-hybridized carbons (Fsp3) is 0.188. The molecule has 0 saturated carbocycles. The van der Waals surface area contributed by atoms with Gasteiger partial charge in [0, 0.05) is 6.07 Å². The monoisotopic (exact) mass is 394 g/mol. The van der Waals surface area contributed by atoms with Crippen molar-refractivity contribution < 1.29 is 32.5 Å². The van der Waals surface area contributed by atoms with Crippen LogP contribution >= 0.6 is 23.2 Å². The van der Waals surface area contributed by atoms with E-state index in [-0.39, 0.29) is 27.3 Å². The van der Waals surface area contributed by atoms with Crippen LogP contribution in [-0.4, -0.2) is 17.2 Å². The summed E-state index contributed by atoms with van der Waals surface area (Å²) in [4.78, 5) is 10.8. The summed E-state index contributed by atoms with van der Waals surface area (Å²) in [6, 6.07) is 6.82. The van der Waals surface area contributed by atoms with E-state index in [0.717, 1.165) is 18.2 Å². The van der Waals surface area contributed by atoms with E-state index in [1.807, 2.05) is 0 Å². The van der Waals surface area contributed by atoms with Crippen LogP contribution in [0.2, 0.25) is 10.0 Å². The fourth-order valence-electron chi connectivity index (χ4n) is 1.77. The minimum atomic E-state index is -4.52. The van der Waals surface area contributed by atoms with Gasteiger partial charge in [0.25, 0.3) is 0 Å². The third-order valence-electron chi connectivity index (χ3n) is 3.04. The van der Waals surface area contributed by atoms with E-state index in [2.05, 4.69) is 0 Å². The lowest BCUT2D eigenvalue weighted by atomic mass is 10.2. The number of ether oxygens (including phenoxy) is 2. The number of aliphatic carboxylic acids is 1. The van der Waals surface area contributed by atoms with Gasteiger partial charge in [-0.25, -0.2) is 4.79 Å². The number of halogens is 5. The summed E-state index contributed by atoms with van der Waals surface area (Å²) in [7, 11) is 0. The molecular formula is C16H11Cl2F3O4. The SMILES string of the molecule is CC(Oc1cc(Oc2ccc(C(F)(F)F)cc2Cl)ccc1Cl)C(=O)O. The third kappa shape index (κ3) is 4.93. The van der Waals surface area contributed by atoms with Gasteiger partial charge in [0.1, 0.15) is 17.2 Å². The molecule has 4 nitrogen and oxygen atoms in total. The van der Waals surface area contributed by atoms with E-state index < -0.39 is 23.8 Å². The topological polar surface area (TPSA) is 55.8 Å². The van der Waals surface area contributed by atoms with Crippen LogP contribution in [0.25, 0.3) is 0 Å². The lowest BCUT2D eigenvalue weighted by molar-refractivity contribution is -0.144. The van der Waals surface area contributed by atoms with Gasteiger partial charge in [0.05, 0.1) is 15.6 Å². The first-order valence-electron chi connectivity index (χ1n) is 6.81. The zero-order valence-corrected chi connectivity index (χ0v) is 14.1. The first kappa shape index (κ1) is 19.2. The van der Waals surface area contributed by atoms with E-state index >= 15 is 0 Å². The molecule has 0 aromatic heterocycles. The minimum absolute atomic E-state index is 0.00535. The molecule has 2 aromatic rings. The van der Waals surface area contributed by atoms with Crippen molar-refractivity contribution in [3.8, 4) is 17.2 Å². The lowest BCUT2D eigenvalue weighted by Gasteiger charge is -2.14. The number of carboxylic acid groups (broad SMARTS) is 1. The van der Waals surface area contributed by atoms with Crippen molar-refractivity contribution in [2.45, 2.75) is 19.2 Å². The predicted molar refractivity (Wildman–Crippen MR) is 85.7 cm³/mol. The molecule has 0 aliphatic carbocycles. The summed E-state index contributed by atoms with van der Waals surface area (Å²) in [5.41, 5.74) is -0.903. The molecule has 0 aliphatic heterocycles. The molecule has 2 aromatic carbocycles. The maximum Gasteiger partial charge on any atom is 0.416 e. The van der Waals surface area contributed by atoms with Gasteiger partial charge in [0.15, 0.2) is 6.10 Å². The van der Waals surface area contributed by atoms with Gasteiger partial charge in [-0.15, -0.1) is 0 Å². The van der Waals surface area contributed by atoms with Gasteiger partial charge < -0.3 is 14.6 Å². The highest BCUT2D eigenvalue weighted by Gasteiger charge is 2.31. The van der Waals surface area contributed by atoms with Crippen molar-refractivity contribution in [2.24, 2.45) is 0 Å². The molecule has 0 radical (unpaired) electrons. The molecule has 1 atom stereocenters. The van der Waals surface area contributed by atoms with Crippen molar-refractivity contribution in [3.05, 3.63) is 52.0 Å². The Morgan fingerprint density at radius 1 is 1.08 bits per heavy atom. The highest BCUT2D eigenvalue weighted by Crippen LogP contribution is 2.38. The molecule has 0 bridgehead atoms. The average Bonchev–Trinajstić information content (AvgIpc) is 2.51. The molecule has 9 heteroatoms. The number of carboxylic acids is 1. The summed E-state index contributed by atoms with van der Waals surface area (Å²) in [5.74, 6) is -0.974. The van der Waals surface area contributed by atoms with Crippen molar-refractivity contribution in [1.82, 2.24) is 0 Å². The molecule has 25 heavy (non-hydrogen) atoms. The van der Waals surface area contributed by atoms with E-state index in [1.54, 1.807) is 0 Å². The number of rotatable bonds is 5. The van der Waals surface area contributed by atoms with E-state index in [1.165, 1.54) is 25.1 Å². The van der Waals surface area contributed by atoms with Gasteiger partial charge in [-0.1, -0.05) is 23.2 Å². The molecule has 2 rings (SSSR count). The summed E-state index contributed by atoms with van der Waals surface area (Å²) < 4.78 is 48.5. The van der Waals surface area contributed by atoms with E-state index in [9.17, 15) is 18.0 Å². The van der Waals surface area contributed by atoms with Crippen molar-refractivity contribution >= 4 is 29.2 Å². The molecule has 0 spiro atoms. The van der Waals surface area contributed by atoms with E-state index in [0.29, 0.717) is 0 Å². The fourth-order valence-corrected chi connectivity index (χ4v) is 2.15. The molecule has 1 N–H and O–H groups in total. The lowest BCUT2D eigenvalue weighted by Crippen LogP contribution is -2.22. The maximum absolute atomic E-state index is 12.6. The molecule has 0 fully saturated rings. The van der Waals surface area contributed by atoms with Crippen molar-refractivity contribution in [3.63, 3.8) is 0 Å². The van der Waals surface area contributed by atoms with Crippen LogP contribution in [0, 0.1) is 0 Å². The van der Waals surface area contributed by atoms with Crippen LogP contribution < -0.4 is 9.47 Å². The summed E-state index contributed by atoms with van der Waals surface area (Å²) >= 11 is 11.7. The zero-order chi connectivity index (χ0) is 18.8. The Balaban J connectivity index is 2.25. The van der Waals surface area contributed by atoms with Crippen LogP contribution in [0.5, 0.6) is 17.2 Å². The molecule has 0 aliphatic rings. The van der Waals surface area contributed by atoms with Crippen LogP contribution in [0.3, 0.4) is 0 Å². The van der Waals surface area contributed by atoms with Crippen LogP contribution in [0.4, 0.5) is 13.2 Å². The number of carbonyl (C=O) groups is 1. The van der Waals surface area contributed by atoms with Gasteiger partial charge in [0.2, 0.25) is 0 Å². The first-order chi connectivity index (χ1) is 11.6. The zero-order valence-electron chi connectivity index (χ0n) is 12.6. The molecule has 134 valence electrons. The second-order valence-electron chi connectivity index (χ2n) is 4.94. The van der Waals surface area contributed by atoms with Gasteiger partial charge in [-0.2, -0.15) is 13.2 Å². The smallest absolute Gasteiger partial charge is 0.416 e. The second kappa shape index (κ2) is 7.41. The Labute approximate surface area is 150 Å². The molecule has 0 saturated heterocycles. The van der Waals surface area contributed by atoms with Crippen molar-refractivity contribution in [2.75, 3.05) is 0 Å². The largest absolute Gasteiger partial charge is 0.479 e. The summed E-state index contributed by atoms with van der Waals surface area (Å²) in [6.07, 6.45) is -5.67. The predicted octanol–water partition coefficient (Wildman–Crippen LogP) is 5.66. The third-order valence-corrected chi connectivity index (χ3v) is 3.65. The second-order valence-corrected chi connectivity index (χ2v) is 5.75. The quantitative estimate of drug-likeness (QED) is 0.710. The highest BCUT2D eigenvalue weighted by molar-refractivity contribution is 6.32. The summed E-state index contributed by atoms with van der Waals surface area (Å²) in [5, 5.41) is 8.78. The number of hydrogen-bond donors (Lipinski definition) is 1.